The highest BCUT2D eigenvalue weighted by atomic mass is 32.2. The van der Waals surface area contributed by atoms with Gasteiger partial charge in [0.25, 0.3) is 0 Å². The van der Waals surface area contributed by atoms with Gasteiger partial charge in [-0.3, -0.25) is 23.9 Å². The normalized spacial score (nSPS) is 31.3. The van der Waals surface area contributed by atoms with E-state index in [-0.39, 0.29) is 68.0 Å². The van der Waals surface area contributed by atoms with Gasteiger partial charge in [0.15, 0.2) is 5.78 Å². The first-order valence-electron chi connectivity index (χ1n) is 25.0. The maximum Gasteiger partial charge on any atom is 0.306 e. The van der Waals surface area contributed by atoms with E-state index in [0.29, 0.717) is 31.1 Å². The number of carbonyl (C=O) groups excluding carboxylic acids is 4. The number of nitrogens with zero attached hydrogens (tertiary/aromatic N) is 3. The van der Waals surface area contributed by atoms with E-state index < -0.39 is 50.1 Å². The van der Waals surface area contributed by atoms with E-state index in [9.17, 15) is 22.8 Å². The third-order valence-electron chi connectivity index (χ3n) is 16.2. The summed E-state index contributed by atoms with van der Waals surface area (Å²) in [7, 11) is -3.96. The van der Waals surface area contributed by atoms with Crippen molar-refractivity contribution in [1.82, 2.24) is 19.5 Å². The molecule has 2 bridgehead atoms. The Kier molecular flexibility index (Phi) is 13.4. The molecule has 2 amide bonds. The van der Waals surface area contributed by atoms with Gasteiger partial charge in [-0.25, -0.2) is 13.4 Å². The van der Waals surface area contributed by atoms with Crippen molar-refractivity contribution >= 4 is 44.5 Å². The molecule has 354 valence electrons. The van der Waals surface area contributed by atoms with Crippen molar-refractivity contribution in [3.05, 3.63) is 42.5 Å². The minimum atomic E-state index is -3.96. The van der Waals surface area contributed by atoms with Gasteiger partial charge in [-0.05, 0) is 120 Å². The van der Waals surface area contributed by atoms with Crippen molar-refractivity contribution in [2.45, 2.75) is 171 Å². The van der Waals surface area contributed by atoms with E-state index in [4.69, 9.17) is 19.2 Å². The van der Waals surface area contributed by atoms with Crippen LogP contribution in [-0.2, 0) is 40.4 Å². The number of sulfonamides is 1. The van der Waals surface area contributed by atoms with Gasteiger partial charge in [0.2, 0.25) is 27.7 Å². The number of pyridine rings is 1. The highest BCUT2D eigenvalue weighted by Gasteiger charge is 2.62. The fraction of sp³-hybridized carbons (Fsp3) is 0.706. The molecule has 3 aliphatic heterocycles. The Bertz CT molecular complexity index is 2250. The van der Waals surface area contributed by atoms with Crippen LogP contribution in [0.3, 0.4) is 0 Å². The number of para-hydroxylation sites is 1. The maximum absolute atomic E-state index is 15.2. The number of hydrogen-bond donors (Lipinski definition) is 1. The van der Waals surface area contributed by atoms with Crippen LogP contribution in [0.15, 0.2) is 36.9 Å². The zero-order valence-corrected chi connectivity index (χ0v) is 39.4. The molecule has 65 heavy (non-hydrogen) atoms. The highest BCUT2D eigenvalue weighted by Crippen LogP contribution is 2.57. The summed E-state index contributed by atoms with van der Waals surface area (Å²) >= 11 is 0. The van der Waals surface area contributed by atoms with Crippen molar-refractivity contribution < 1.29 is 41.8 Å². The number of benzene rings is 1. The van der Waals surface area contributed by atoms with Gasteiger partial charge >= 0.3 is 5.97 Å². The molecule has 2 saturated heterocycles. The lowest BCUT2D eigenvalue weighted by atomic mass is 9.77. The van der Waals surface area contributed by atoms with Crippen molar-refractivity contribution in [2.24, 2.45) is 29.1 Å². The summed E-state index contributed by atoms with van der Waals surface area (Å²) in [5, 5.41) is 0.935. The molecule has 0 spiro atoms. The number of allylic oxidation sites excluding steroid dienone is 1. The standard InChI is InChI=1S/C51H70N4O9S/c1-4-24-54-25-20-36(21-26-54)62-46-38-17-12-13-19-41(38)52-47-39(46)18-11-7-10-16-34-27-44(34)64-45(57)29-40(33-14-8-6-9-15-33)48(58)55-32-37(63-47)28-42(55)43(56)31-51(30-35(51)5-2)49(59)53-65(60,61)50(3)22-23-50/h5,12-13,17,19,33-37,40,42,44H,2,4,6-11,14-16,18,20-32H2,1,3H3,(H,53,59)/t34-,35-,37-,40+,42+,44-,51-/m1/s1. The number of ether oxygens (including phenoxy) is 3. The van der Waals surface area contributed by atoms with Crippen molar-refractivity contribution in [3.63, 3.8) is 0 Å². The minimum Gasteiger partial charge on any atom is -0.489 e. The summed E-state index contributed by atoms with van der Waals surface area (Å²) in [6.45, 7) is 10.9. The zero-order valence-electron chi connectivity index (χ0n) is 38.6. The molecule has 1 aromatic heterocycles. The number of ketones is 1. The third-order valence-corrected chi connectivity index (χ3v) is 18.4. The summed E-state index contributed by atoms with van der Waals surface area (Å²) in [4.78, 5) is 67.2. The molecule has 0 radical (unpaired) electrons. The average Bonchev–Trinajstić information content (AvgIpc) is 4.26. The van der Waals surface area contributed by atoms with Crippen molar-refractivity contribution in [3.8, 4) is 11.6 Å². The van der Waals surface area contributed by atoms with Crippen LogP contribution in [-0.4, -0.2) is 102 Å². The Hall–Kier alpha value is -4.04. The van der Waals surface area contributed by atoms with Crippen LogP contribution in [0.25, 0.3) is 10.9 Å². The SMILES string of the molecule is C=C[C@@H]1C[C@]1(CC(=O)[C@@H]1C[C@@H]2CN1C(=O)[C@H](C1CCCCC1)CC(=O)O[C@@H]1C[C@H]1CCCCCc1c(nc3ccccc3c1OC1CCN(CCC)CC1)O2)C(=O)NS(=O)(=O)C1(C)CC1. The smallest absolute Gasteiger partial charge is 0.306 e. The second-order valence-electron chi connectivity index (χ2n) is 20.9. The molecule has 14 heteroatoms. The van der Waals surface area contributed by atoms with Crippen LogP contribution in [0.4, 0.5) is 0 Å². The number of hydrogen-bond acceptors (Lipinski definition) is 11. The van der Waals surface area contributed by atoms with Gasteiger partial charge in [0.05, 0.1) is 46.2 Å². The Morgan fingerprint density at radius 3 is 2.40 bits per heavy atom. The molecule has 9 rings (SSSR count). The largest absolute Gasteiger partial charge is 0.489 e. The van der Waals surface area contributed by atoms with Crippen LogP contribution in [0.2, 0.25) is 0 Å². The van der Waals surface area contributed by atoms with E-state index in [1.54, 1.807) is 17.9 Å². The molecule has 0 unspecified atom stereocenters. The zero-order chi connectivity index (χ0) is 45.5. The molecule has 6 fully saturated rings. The summed E-state index contributed by atoms with van der Waals surface area (Å²) in [6, 6.07) is 7.04. The molecular weight excluding hydrogens is 845 g/mol. The van der Waals surface area contributed by atoms with Crippen molar-refractivity contribution in [1.29, 1.82) is 0 Å². The predicted octanol–water partition coefficient (Wildman–Crippen LogP) is 7.62. The molecule has 4 aliphatic carbocycles. The van der Waals surface area contributed by atoms with Gasteiger partial charge in [-0.15, -0.1) is 6.58 Å². The fourth-order valence-electron chi connectivity index (χ4n) is 11.5. The molecule has 13 nitrogen and oxygen atoms in total. The number of piperidine rings is 1. The first-order chi connectivity index (χ1) is 31.3. The summed E-state index contributed by atoms with van der Waals surface area (Å²) in [5.74, 6) is -1.20. The number of aromatic nitrogens is 1. The molecule has 1 N–H and O–H groups in total. The number of likely N-dealkylation sites (tertiary alicyclic amines) is 1. The summed E-state index contributed by atoms with van der Waals surface area (Å²) < 4.78 is 48.0. The van der Waals surface area contributed by atoms with E-state index in [1.165, 1.54) is 0 Å². The van der Waals surface area contributed by atoms with Gasteiger partial charge in [-0.1, -0.05) is 57.2 Å². The summed E-state index contributed by atoms with van der Waals surface area (Å²) in [6.07, 6.45) is 14.9. The quantitative estimate of drug-likeness (QED) is 0.165. The van der Waals surface area contributed by atoms with Gasteiger partial charge in [0, 0.05) is 31.3 Å². The van der Waals surface area contributed by atoms with E-state index in [2.05, 4.69) is 29.2 Å². The topological polar surface area (TPSA) is 162 Å². The Labute approximate surface area is 385 Å². The van der Waals surface area contributed by atoms with Crippen LogP contribution in [0.1, 0.15) is 141 Å². The number of carbonyl (C=O) groups is 4. The van der Waals surface area contributed by atoms with Crippen LogP contribution >= 0.6 is 0 Å². The number of amides is 2. The Morgan fingerprint density at radius 2 is 1.69 bits per heavy atom. The number of rotatable bonds is 12. The number of fused-ring (bicyclic) bond motifs is 5. The molecule has 2 aromatic rings. The third kappa shape index (κ3) is 9.86. The molecule has 4 heterocycles. The number of nitrogens with one attached hydrogen (secondary N) is 1. The Balaban J connectivity index is 1.06. The minimum absolute atomic E-state index is 0.0346. The van der Waals surface area contributed by atoms with E-state index in [1.807, 2.05) is 18.2 Å². The van der Waals surface area contributed by atoms with Gasteiger partial charge in [0.1, 0.15) is 24.1 Å². The monoisotopic (exact) mass is 914 g/mol. The molecule has 1 aromatic carbocycles. The van der Waals surface area contributed by atoms with Crippen LogP contribution < -0.4 is 14.2 Å². The van der Waals surface area contributed by atoms with Crippen LogP contribution in [0.5, 0.6) is 11.6 Å². The van der Waals surface area contributed by atoms with E-state index in [0.717, 1.165) is 125 Å². The second-order valence-corrected chi connectivity index (χ2v) is 23.1. The number of Topliss-reactive ketones (excluding diaryl/α,β-unsaturated/α-hetero) is 1. The Morgan fingerprint density at radius 1 is 0.969 bits per heavy atom. The lowest BCUT2D eigenvalue weighted by Gasteiger charge is -2.34. The highest BCUT2D eigenvalue weighted by molar-refractivity contribution is 7.91. The second kappa shape index (κ2) is 18.9. The van der Waals surface area contributed by atoms with Gasteiger partial charge in [-0.2, -0.15) is 0 Å². The molecule has 4 saturated carbocycles. The lowest BCUT2D eigenvalue weighted by molar-refractivity contribution is -0.153. The number of esters is 1. The van der Waals surface area contributed by atoms with Crippen molar-refractivity contribution in [2.75, 3.05) is 26.2 Å². The fourth-order valence-corrected chi connectivity index (χ4v) is 12.9. The molecule has 7 atom stereocenters. The lowest BCUT2D eigenvalue weighted by Crippen LogP contribution is -2.48. The maximum atomic E-state index is 15.2. The predicted molar refractivity (Wildman–Crippen MR) is 247 cm³/mol. The first-order valence-corrected chi connectivity index (χ1v) is 26.5. The van der Waals surface area contributed by atoms with E-state index >= 15 is 4.79 Å². The molecular formula is C51H70N4O9S. The first kappa shape index (κ1) is 46.1. The average molecular weight is 915 g/mol. The van der Waals surface area contributed by atoms with Crippen LogP contribution in [0, 0.1) is 29.1 Å². The van der Waals surface area contributed by atoms with Gasteiger partial charge < -0.3 is 24.0 Å². The summed E-state index contributed by atoms with van der Waals surface area (Å²) in [5.41, 5.74) is 0.351. The molecule has 7 aliphatic rings.